The number of benzene rings is 1. The van der Waals surface area contributed by atoms with Crippen molar-refractivity contribution < 1.29 is 9.18 Å². The second-order valence-electron chi connectivity index (χ2n) is 5.01. The predicted octanol–water partition coefficient (Wildman–Crippen LogP) is 2.55. The molecule has 5 heteroatoms. The molecule has 0 radical (unpaired) electrons. The lowest BCUT2D eigenvalue weighted by atomic mass is 9.97. The molecule has 1 aliphatic heterocycles. The van der Waals surface area contributed by atoms with Crippen LogP contribution in [0.3, 0.4) is 0 Å². The van der Waals surface area contributed by atoms with Crippen molar-refractivity contribution in [3.63, 3.8) is 0 Å². The third-order valence-corrected chi connectivity index (χ3v) is 3.81. The van der Waals surface area contributed by atoms with Crippen molar-refractivity contribution >= 4 is 17.5 Å². The number of nitrogens with one attached hydrogen (secondary N) is 1. The highest BCUT2D eigenvalue weighted by molar-refractivity contribution is 6.30. The first-order valence-electron chi connectivity index (χ1n) is 6.49. The fourth-order valence-corrected chi connectivity index (χ4v) is 2.50. The molecule has 1 fully saturated rings. The van der Waals surface area contributed by atoms with Gasteiger partial charge in [-0.25, -0.2) is 4.39 Å². The summed E-state index contributed by atoms with van der Waals surface area (Å²) in [4.78, 5) is 13.8. The lowest BCUT2D eigenvalue weighted by molar-refractivity contribution is 0.0762. The number of carbonyl (C=O) groups is 1. The van der Waals surface area contributed by atoms with Crippen LogP contribution in [0.5, 0.6) is 0 Å². The first kappa shape index (κ1) is 14.3. The van der Waals surface area contributed by atoms with Gasteiger partial charge in [-0.1, -0.05) is 11.6 Å². The van der Waals surface area contributed by atoms with Crippen molar-refractivity contribution in [2.75, 3.05) is 26.7 Å². The minimum Gasteiger partial charge on any atom is -0.341 e. The maximum Gasteiger partial charge on any atom is 0.253 e. The molecule has 2 rings (SSSR count). The number of carbonyl (C=O) groups excluding carboxylic acids is 1. The van der Waals surface area contributed by atoms with Gasteiger partial charge in [-0.3, -0.25) is 4.79 Å². The molecule has 1 aromatic rings. The minimum absolute atomic E-state index is 0.0394. The van der Waals surface area contributed by atoms with Gasteiger partial charge in [0.1, 0.15) is 5.82 Å². The van der Waals surface area contributed by atoms with Crippen molar-refractivity contribution in [2.24, 2.45) is 5.92 Å². The van der Waals surface area contributed by atoms with E-state index in [9.17, 15) is 9.18 Å². The third kappa shape index (κ3) is 3.67. The first-order chi connectivity index (χ1) is 9.08. The minimum atomic E-state index is -0.553. The van der Waals surface area contributed by atoms with Crippen molar-refractivity contribution in [3.8, 4) is 0 Å². The van der Waals surface area contributed by atoms with Gasteiger partial charge in [0, 0.05) is 19.2 Å². The smallest absolute Gasteiger partial charge is 0.253 e. The molecule has 1 heterocycles. The van der Waals surface area contributed by atoms with E-state index in [4.69, 9.17) is 11.6 Å². The summed E-state index contributed by atoms with van der Waals surface area (Å²) in [6.07, 6.45) is 2.15. The van der Waals surface area contributed by atoms with Crippen LogP contribution in [0, 0.1) is 11.7 Å². The Morgan fingerprint density at radius 2 is 2.16 bits per heavy atom. The van der Waals surface area contributed by atoms with E-state index >= 15 is 0 Å². The molecule has 1 N–H and O–H groups in total. The summed E-state index contributed by atoms with van der Waals surface area (Å²) in [6.45, 7) is 2.72. The number of hydrogen-bond donors (Lipinski definition) is 1. The largest absolute Gasteiger partial charge is 0.341 e. The zero-order valence-corrected chi connectivity index (χ0v) is 11.7. The summed E-state index contributed by atoms with van der Waals surface area (Å²) < 4.78 is 13.4. The van der Waals surface area contributed by atoms with Gasteiger partial charge < -0.3 is 10.2 Å². The van der Waals surface area contributed by atoms with Crippen LogP contribution in [0.15, 0.2) is 18.2 Å². The number of hydrogen-bond acceptors (Lipinski definition) is 2. The summed E-state index contributed by atoms with van der Waals surface area (Å²) >= 11 is 5.61. The normalized spacial score (nSPS) is 16.4. The molecular formula is C14H18ClFN2O. The standard InChI is InChI=1S/C14H18ClFN2O/c1-18(9-10-4-6-17-7-5-10)14(19)11-2-3-12(15)13(16)8-11/h2-3,8,10,17H,4-7,9H2,1H3. The molecule has 1 saturated heterocycles. The van der Waals surface area contributed by atoms with Crippen molar-refractivity contribution in [2.45, 2.75) is 12.8 Å². The van der Waals surface area contributed by atoms with Crippen LogP contribution in [0.1, 0.15) is 23.2 Å². The molecule has 19 heavy (non-hydrogen) atoms. The second-order valence-corrected chi connectivity index (χ2v) is 5.42. The first-order valence-corrected chi connectivity index (χ1v) is 6.87. The van der Waals surface area contributed by atoms with E-state index in [-0.39, 0.29) is 10.9 Å². The molecule has 0 aromatic heterocycles. The van der Waals surface area contributed by atoms with E-state index in [1.807, 2.05) is 0 Å². The Hall–Kier alpha value is -1.13. The summed E-state index contributed by atoms with van der Waals surface area (Å²) in [5, 5.41) is 3.33. The molecule has 0 unspecified atom stereocenters. The van der Waals surface area contributed by atoms with Gasteiger partial charge in [0.05, 0.1) is 5.02 Å². The highest BCUT2D eigenvalue weighted by Gasteiger charge is 2.19. The Morgan fingerprint density at radius 1 is 1.47 bits per heavy atom. The highest BCUT2D eigenvalue weighted by Crippen LogP contribution is 2.18. The Bertz CT molecular complexity index is 461. The fraction of sp³-hybridized carbons (Fsp3) is 0.500. The summed E-state index contributed by atoms with van der Waals surface area (Å²) in [6, 6.07) is 4.18. The lowest BCUT2D eigenvalue weighted by Crippen LogP contribution is -2.37. The van der Waals surface area contributed by atoms with Crippen molar-refractivity contribution in [3.05, 3.63) is 34.6 Å². The number of halogens is 2. The Labute approximate surface area is 117 Å². The zero-order valence-electron chi connectivity index (χ0n) is 11.0. The van der Waals surface area contributed by atoms with Gasteiger partial charge >= 0.3 is 0 Å². The molecule has 0 bridgehead atoms. The molecule has 0 spiro atoms. The number of amides is 1. The van der Waals surface area contributed by atoms with Gasteiger partial charge in [-0.2, -0.15) is 0 Å². The average molecular weight is 285 g/mol. The maximum atomic E-state index is 13.4. The Kier molecular flexibility index (Phi) is 4.77. The predicted molar refractivity (Wildman–Crippen MR) is 74.0 cm³/mol. The van der Waals surface area contributed by atoms with Crippen LogP contribution in [0.4, 0.5) is 4.39 Å². The van der Waals surface area contributed by atoms with Gasteiger partial charge in [0.15, 0.2) is 0 Å². The van der Waals surface area contributed by atoms with Crippen LogP contribution < -0.4 is 5.32 Å². The van der Waals surface area contributed by atoms with Crippen molar-refractivity contribution in [1.29, 1.82) is 0 Å². The van der Waals surface area contributed by atoms with Crippen LogP contribution in [-0.2, 0) is 0 Å². The van der Waals surface area contributed by atoms with E-state index in [1.165, 1.54) is 12.1 Å². The van der Waals surface area contributed by atoms with Crippen molar-refractivity contribution in [1.82, 2.24) is 10.2 Å². The molecule has 104 valence electrons. The molecule has 0 saturated carbocycles. The van der Waals surface area contributed by atoms with Gasteiger partial charge in [0.2, 0.25) is 0 Å². The quantitative estimate of drug-likeness (QED) is 0.925. The van der Waals surface area contributed by atoms with E-state index < -0.39 is 5.82 Å². The third-order valence-electron chi connectivity index (χ3n) is 3.50. The number of rotatable bonds is 3. The maximum absolute atomic E-state index is 13.4. The molecular weight excluding hydrogens is 267 g/mol. The Balaban J connectivity index is 1.99. The van der Waals surface area contributed by atoms with Gasteiger partial charge in [-0.05, 0) is 50.0 Å². The monoisotopic (exact) mass is 284 g/mol. The molecule has 1 aromatic carbocycles. The van der Waals surface area contributed by atoms with E-state index in [1.54, 1.807) is 18.0 Å². The van der Waals surface area contributed by atoms with E-state index in [0.29, 0.717) is 18.0 Å². The van der Waals surface area contributed by atoms with E-state index in [2.05, 4.69) is 5.32 Å². The second kappa shape index (κ2) is 6.35. The zero-order chi connectivity index (χ0) is 13.8. The fourth-order valence-electron chi connectivity index (χ4n) is 2.38. The van der Waals surface area contributed by atoms with Crippen LogP contribution in [0.25, 0.3) is 0 Å². The SMILES string of the molecule is CN(CC1CCNCC1)C(=O)c1ccc(Cl)c(F)c1. The summed E-state index contributed by atoms with van der Waals surface area (Å²) in [5.41, 5.74) is 0.346. The number of piperidine rings is 1. The molecule has 3 nitrogen and oxygen atoms in total. The van der Waals surface area contributed by atoms with Crippen LogP contribution in [0.2, 0.25) is 5.02 Å². The van der Waals surface area contributed by atoms with E-state index in [0.717, 1.165) is 25.9 Å². The Morgan fingerprint density at radius 3 is 2.79 bits per heavy atom. The number of nitrogens with zero attached hydrogens (tertiary/aromatic N) is 1. The lowest BCUT2D eigenvalue weighted by Gasteiger charge is -2.27. The average Bonchev–Trinajstić information content (AvgIpc) is 2.42. The topological polar surface area (TPSA) is 32.3 Å². The van der Waals surface area contributed by atoms with Crippen LogP contribution >= 0.6 is 11.6 Å². The molecule has 0 aliphatic carbocycles. The summed E-state index contributed by atoms with van der Waals surface area (Å²) in [7, 11) is 1.76. The van der Waals surface area contributed by atoms with Gasteiger partial charge in [0.25, 0.3) is 5.91 Å². The summed E-state index contributed by atoms with van der Waals surface area (Å²) in [5.74, 6) is -0.191. The highest BCUT2D eigenvalue weighted by atomic mass is 35.5. The van der Waals surface area contributed by atoms with Gasteiger partial charge in [-0.15, -0.1) is 0 Å². The molecule has 1 amide bonds. The molecule has 0 atom stereocenters. The van der Waals surface area contributed by atoms with Crippen LogP contribution in [-0.4, -0.2) is 37.5 Å². The molecule has 1 aliphatic rings.